The molecule has 32 heavy (non-hydrogen) atoms. The van der Waals surface area contributed by atoms with Crippen LogP contribution >= 0.6 is 0 Å². The molecule has 1 atom stereocenters. The molecule has 8 nitrogen and oxygen atoms in total. The molecule has 0 unspecified atom stereocenters. The van der Waals surface area contributed by atoms with Gasteiger partial charge in [0.1, 0.15) is 11.9 Å². The third kappa shape index (κ3) is 6.51. The molecule has 1 fully saturated rings. The number of aromatic nitrogens is 1. The molecule has 1 amide bonds. The average molecular weight is 460 g/mol. The van der Waals surface area contributed by atoms with E-state index in [1.54, 1.807) is 36.5 Å². The number of anilines is 2. The van der Waals surface area contributed by atoms with Crippen LogP contribution in [0.4, 0.5) is 11.5 Å². The summed E-state index contributed by atoms with van der Waals surface area (Å²) < 4.78 is 28.2. The van der Waals surface area contributed by atoms with Crippen LogP contribution in [0.1, 0.15) is 25.8 Å². The highest BCUT2D eigenvalue weighted by Crippen LogP contribution is 2.18. The third-order valence-corrected chi connectivity index (χ3v) is 6.98. The number of amides is 1. The molecule has 1 aromatic carbocycles. The van der Waals surface area contributed by atoms with Gasteiger partial charge in [-0.25, -0.2) is 13.4 Å². The number of piperazine rings is 1. The number of hydrogen-bond donors (Lipinski definition) is 2. The highest BCUT2D eigenvalue weighted by Gasteiger charge is 2.27. The van der Waals surface area contributed by atoms with Crippen molar-refractivity contribution in [3.8, 4) is 0 Å². The van der Waals surface area contributed by atoms with Gasteiger partial charge >= 0.3 is 0 Å². The van der Waals surface area contributed by atoms with Crippen molar-refractivity contribution in [2.24, 2.45) is 5.92 Å². The van der Waals surface area contributed by atoms with Crippen LogP contribution in [-0.2, 0) is 14.8 Å². The molecular weight excluding hydrogens is 426 g/mol. The number of rotatable bonds is 8. The van der Waals surface area contributed by atoms with Crippen molar-refractivity contribution in [1.82, 2.24) is 14.6 Å². The van der Waals surface area contributed by atoms with Crippen LogP contribution in [0.15, 0.2) is 47.5 Å². The number of pyridine rings is 1. The lowest BCUT2D eigenvalue weighted by Gasteiger charge is -2.33. The van der Waals surface area contributed by atoms with E-state index in [9.17, 15) is 13.2 Å². The Kier molecular flexibility index (Phi) is 7.86. The standard InChI is InChI=1S/C23H33N5O3S/c1-17(2)15-21(26-32(30,31)20-8-5-18(3)6-9-20)23(29)25-19-7-10-22(24-16-19)28-13-11-27(4)12-14-28/h5-10,16-17,21,26H,11-15H2,1-4H3,(H,25,29)/t21-/m1/s1. The van der Waals surface area contributed by atoms with Crippen molar-refractivity contribution >= 4 is 27.4 Å². The average Bonchev–Trinajstić information content (AvgIpc) is 2.74. The van der Waals surface area contributed by atoms with Crippen LogP contribution in [0.2, 0.25) is 0 Å². The first-order valence-electron chi connectivity index (χ1n) is 10.9. The van der Waals surface area contributed by atoms with Crippen molar-refractivity contribution in [2.45, 2.75) is 38.1 Å². The van der Waals surface area contributed by atoms with Crippen molar-refractivity contribution in [3.63, 3.8) is 0 Å². The predicted molar refractivity (Wildman–Crippen MR) is 127 cm³/mol. The summed E-state index contributed by atoms with van der Waals surface area (Å²) in [5, 5.41) is 2.81. The van der Waals surface area contributed by atoms with E-state index in [0.29, 0.717) is 12.1 Å². The Bertz CT molecular complexity index is 999. The number of hydrogen-bond acceptors (Lipinski definition) is 6. The Morgan fingerprint density at radius 1 is 1.06 bits per heavy atom. The van der Waals surface area contributed by atoms with Crippen molar-refractivity contribution in [3.05, 3.63) is 48.2 Å². The molecule has 0 radical (unpaired) electrons. The molecule has 3 rings (SSSR count). The second-order valence-corrected chi connectivity index (χ2v) is 10.5. The van der Waals surface area contributed by atoms with Crippen LogP contribution in [0.5, 0.6) is 0 Å². The molecule has 2 aromatic rings. The van der Waals surface area contributed by atoms with E-state index < -0.39 is 22.0 Å². The minimum atomic E-state index is -3.82. The number of likely N-dealkylation sites (N-methyl/N-ethyl adjacent to an activating group) is 1. The lowest BCUT2D eigenvalue weighted by molar-refractivity contribution is -0.118. The van der Waals surface area contributed by atoms with Crippen LogP contribution in [-0.4, -0.2) is 63.5 Å². The molecule has 0 saturated carbocycles. The molecule has 2 heterocycles. The fourth-order valence-electron chi connectivity index (χ4n) is 3.56. The first-order chi connectivity index (χ1) is 15.1. The maximum absolute atomic E-state index is 13.0. The number of carbonyl (C=O) groups excluding carboxylic acids is 1. The van der Waals surface area contributed by atoms with Crippen molar-refractivity contribution in [1.29, 1.82) is 0 Å². The van der Waals surface area contributed by atoms with Gasteiger partial charge in [0.15, 0.2) is 0 Å². The summed E-state index contributed by atoms with van der Waals surface area (Å²) in [6.45, 7) is 9.58. The first kappa shape index (κ1) is 24.2. The Morgan fingerprint density at radius 3 is 2.28 bits per heavy atom. The minimum Gasteiger partial charge on any atom is -0.354 e. The maximum atomic E-state index is 13.0. The summed E-state index contributed by atoms with van der Waals surface area (Å²) in [6, 6.07) is 9.36. The highest BCUT2D eigenvalue weighted by atomic mass is 32.2. The summed E-state index contributed by atoms with van der Waals surface area (Å²) >= 11 is 0. The maximum Gasteiger partial charge on any atom is 0.242 e. The van der Waals surface area contributed by atoms with Gasteiger partial charge in [0.2, 0.25) is 15.9 Å². The quantitative estimate of drug-likeness (QED) is 0.630. The molecular formula is C23H33N5O3S. The zero-order valence-corrected chi connectivity index (χ0v) is 20.0. The Labute approximate surface area is 191 Å². The smallest absolute Gasteiger partial charge is 0.242 e. The van der Waals surface area contributed by atoms with Crippen molar-refractivity contribution in [2.75, 3.05) is 43.4 Å². The monoisotopic (exact) mass is 459 g/mol. The van der Waals surface area contributed by atoms with Gasteiger partial charge in [0.25, 0.3) is 0 Å². The number of aryl methyl sites for hydroxylation is 1. The molecule has 174 valence electrons. The summed E-state index contributed by atoms with van der Waals surface area (Å²) in [7, 11) is -1.72. The second-order valence-electron chi connectivity index (χ2n) is 8.80. The Hall–Kier alpha value is -2.49. The predicted octanol–water partition coefficient (Wildman–Crippen LogP) is 2.47. The molecule has 1 aromatic heterocycles. The van der Waals surface area contributed by atoms with E-state index in [2.05, 4.69) is 31.9 Å². The number of nitrogens with one attached hydrogen (secondary N) is 2. The summed E-state index contributed by atoms with van der Waals surface area (Å²) in [5.74, 6) is 0.600. The second kappa shape index (κ2) is 10.4. The summed E-state index contributed by atoms with van der Waals surface area (Å²) in [5.41, 5.74) is 1.50. The third-order valence-electron chi connectivity index (χ3n) is 5.49. The van der Waals surface area contributed by atoms with Crippen LogP contribution in [0.3, 0.4) is 0 Å². The molecule has 0 bridgehead atoms. The Balaban J connectivity index is 1.68. The van der Waals surface area contributed by atoms with Gasteiger partial charge in [0, 0.05) is 26.2 Å². The van der Waals surface area contributed by atoms with Crippen molar-refractivity contribution < 1.29 is 13.2 Å². The normalized spacial score (nSPS) is 16.2. The molecule has 0 aliphatic carbocycles. The zero-order valence-electron chi connectivity index (χ0n) is 19.2. The fourth-order valence-corrected chi connectivity index (χ4v) is 4.77. The van der Waals surface area contributed by atoms with Gasteiger partial charge in [-0.2, -0.15) is 4.72 Å². The van der Waals surface area contributed by atoms with Gasteiger partial charge in [0.05, 0.1) is 16.8 Å². The fraction of sp³-hybridized carbons (Fsp3) is 0.478. The van der Waals surface area contributed by atoms with Gasteiger partial charge in [-0.05, 0) is 50.6 Å². The molecule has 0 spiro atoms. The van der Waals surface area contributed by atoms with E-state index in [1.165, 1.54) is 0 Å². The largest absolute Gasteiger partial charge is 0.354 e. The van der Waals surface area contributed by atoms with Gasteiger partial charge in [-0.15, -0.1) is 0 Å². The van der Waals surface area contributed by atoms with E-state index in [0.717, 1.165) is 37.6 Å². The molecule has 1 aliphatic rings. The summed E-state index contributed by atoms with van der Waals surface area (Å²) in [6.07, 6.45) is 2.00. The van der Waals surface area contributed by atoms with E-state index in [-0.39, 0.29) is 10.8 Å². The molecule has 1 aliphatic heterocycles. The van der Waals surface area contributed by atoms with E-state index >= 15 is 0 Å². The van der Waals surface area contributed by atoms with Gasteiger partial charge in [-0.1, -0.05) is 31.5 Å². The lowest BCUT2D eigenvalue weighted by atomic mass is 10.0. The minimum absolute atomic E-state index is 0.129. The first-order valence-corrected chi connectivity index (χ1v) is 12.4. The molecule has 9 heteroatoms. The number of nitrogens with zero attached hydrogens (tertiary/aromatic N) is 3. The number of benzene rings is 1. The number of carbonyl (C=O) groups is 1. The van der Waals surface area contributed by atoms with E-state index in [1.807, 2.05) is 26.8 Å². The topological polar surface area (TPSA) is 94.6 Å². The van der Waals surface area contributed by atoms with Gasteiger partial charge < -0.3 is 15.1 Å². The summed E-state index contributed by atoms with van der Waals surface area (Å²) in [4.78, 5) is 22.1. The number of sulfonamides is 1. The zero-order chi connectivity index (χ0) is 23.3. The van der Waals surface area contributed by atoms with E-state index in [4.69, 9.17) is 0 Å². The van der Waals surface area contributed by atoms with Gasteiger partial charge in [-0.3, -0.25) is 4.79 Å². The van der Waals surface area contributed by atoms with Crippen LogP contribution < -0.4 is 14.9 Å². The highest BCUT2D eigenvalue weighted by molar-refractivity contribution is 7.89. The van der Waals surface area contributed by atoms with Crippen LogP contribution in [0, 0.1) is 12.8 Å². The molecule has 2 N–H and O–H groups in total. The van der Waals surface area contributed by atoms with Crippen LogP contribution in [0.25, 0.3) is 0 Å². The molecule has 1 saturated heterocycles. The SMILES string of the molecule is Cc1ccc(S(=O)(=O)N[C@H](CC(C)C)C(=O)Nc2ccc(N3CCN(C)CC3)nc2)cc1. The Morgan fingerprint density at radius 2 is 1.72 bits per heavy atom. The lowest BCUT2D eigenvalue weighted by Crippen LogP contribution is -2.45.